The molecule has 0 unspecified atom stereocenters. The molecule has 1 aliphatic carbocycles. The van der Waals surface area contributed by atoms with Crippen molar-refractivity contribution in [3.8, 4) is 5.75 Å². The highest BCUT2D eigenvalue weighted by Gasteiger charge is 2.36. The Labute approximate surface area is 164 Å². The second-order valence-corrected chi connectivity index (χ2v) is 7.39. The van der Waals surface area contributed by atoms with Gasteiger partial charge in [0, 0.05) is 39.4 Å². The molecule has 0 atom stereocenters. The van der Waals surface area contributed by atoms with Crippen LogP contribution in [0, 0.1) is 12.3 Å². The van der Waals surface area contributed by atoms with E-state index in [0.29, 0.717) is 18.1 Å². The third kappa shape index (κ3) is 6.89. The van der Waals surface area contributed by atoms with Gasteiger partial charge in [0.25, 0.3) is 0 Å². The van der Waals surface area contributed by atoms with E-state index in [1.165, 1.54) is 6.42 Å². The van der Waals surface area contributed by atoms with Gasteiger partial charge in [-0.1, -0.05) is 18.6 Å². The van der Waals surface area contributed by atoms with E-state index in [1.54, 1.807) is 26.3 Å². The fourth-order valence-corrected chi connectivity index (χ4v) is 3.28. The molecule has 2 N–H and O–H groups in total. The number of nitrogens with zero attached hydrogens (tertiary/aromatic N) is 1. The van der Waals surface area contributed by atoms with Crippen LogP contribution in [0.3, 0.4) is 0 Å². The summed E-state index contributed by atoms with van der Waals surface area (Å²) in [6.07, 6.45) is 0.175. The van der Waals surface area contributed by atoms with Gasteiger partial charge in [0.05, 0.1) is 0 Å². The molecule has 8 heteroatoms. The Balaban J connectivity index is 1.92. The van der Waals surface area contributed by atoms with Gasteiger partial charge in [-0.25, -0.2) is 0 Å². The smallest absolute Gasteiger partial charge is 0.422 e. The molecule has 0 saturated heterocycles. The van der Waals surface area contributed by atoms with Crippen molar-refractivity contribution in [1.29, 1.82) is 0 Å². The topological polar surface area (TPSA) is 54.9 Å². The predicted molar refractivity (Wildman–Crippen MR) is 104 cm³/mol. The van der Waals surface area contributed by atoms with Gasteiger partial charge in [-0.05, 0) is 43.2 Å². The molecule has 28 heavy (non-hydrogen) atoms. The van der Waals surface area contributed by atoms with E-state index >= 15 is 0 Å². The van der Waals surface area contributed by atoms with Crippen LogP contribution in [0.5, 0.6) is 5.75 Å². The third-order valence-electron chi connectivity index (χ3n) is 5.17. The van der Waals surface area contributed by atoms with E-state index in [-0.39, 0.29) is 11.2 Å². The zero-order valence-electron chi connectivity index (χ0n) is 16.8. The highest BCUT2D eigenvalue weighted by atomic mass is 19.4. The van der Waals surface area contributed by atoms with Crippen LogP contribution in [-0.4, -0.2) is 46.1 Å². The average molecular weight is 401 g/mol. The molecule has 1 fully saturated rings. The number of halogens is 3. The monoisotopic (exact) mass is 401 g/mol. The van der Waals surface area contributed by atoms with Crippen molar-refractivity contribution in [2.75, 3.05) is 33.9 Å². The SMILES string of the molecule is CN=C(NCc1ccc(C)cc1OCC(F)(F)F)NCC1(CCOC)CCC1. The van der Waals surface area contributed by atoms with Gasteiger partial charge < -0.3 is 20.1 Å². The molecular formula is C20H30F3N3O2. The third-order valence-corrected chi connectivity index (χ3v) is 5.17. The van der Waals surface area contributed by atoms with Crippen molar-refractivity contribution in [3.63, 3.8) is 0 Å². The maximum absolute atomic E-state index is 12.5. The van der Waals surface area contributed by atoms with E-state index < -0.39 is 12.8 Å². The Morgan fingerprint density at radius 2 is 2.00 bits per heavy atom. The molecule has 1 aromatic rings. The van der Waals surface area contributed by atoms with Gasteiger partial charge in [0.1, 0.15) is 5.75 Å². The lowest BCUT2D eigenvalue weighted by atomic mass is 9.67. The van der Waals surface area contributed by atoms with Crippen LogP contribution >= 0.6 is 0 Å². The van der Waals surface area contributed by atoms with Crippen LogP contribution in [0.25, 0.3) is 0 Å². The molecule has 0 spiro atoms. The Morgan fingerprint density at radius 1 is 1.25 bits per heavy atom. The van der Waals surface area contributed by atoms with Crippen molar-refractivity contribution in [1.82, 2.24) is 10.6 Å². The number of nitrogens with one attached hydrogen (secondary N) is 2. The first-order valence-electron chi connectivity index (χ1n) is 9.49. The van der Waals surface area contributed by atoms with Gasteiger partial charge >= 0.3 is 6.18 Å². The number of methoxy groups -OCH3 is 1. The minimum Gasteiger partial charge on any atom is -0.484 e. The molecule has 0 bridgehead atoms. The van der Waals surface area contributed by atoms with Crippen LogP contribution in [0.1, 0.15) is 36.8 Å². The predicted octanol–water partition coefficient (Wildman–Crippen LogP) is 3.81. The van der Waals surface area contributed by atoms with Crippen LogP contribution in [0.2, 0.25) is 0 Å². The van der Waals surface area contributed by atoms with Crippen LogP contribution < -0.4 is 15.4 Å². The summed E-state index contributed by atoms with van der Waals surface area (Å²) in [5, 5.41) is 6.51. The Hall–Kier alpha value is -1.96. The Kier molecular flexibility index (Phi) is 7.98. The number of benzene rings is 1. The molecule has 0 amide bonds. The lowest BCUT2D eigenvalue weighted by Crippen LogP contribution is -2.46. The highest BCUT2D eigenvalue weighted by Crippen LogP contribution is 2.43. The zero-order valence-corrected chi connectivity index (χ0v) is 16.8. The maximum Gasteiger partial charge on any atom is 0.422 e. The summed E-state index contributed by atoms with van der Waals surface area (Å²) in [5.41, 5.74) is 1.72. The van der Waals surface area contributed by atoms with Crippen LogP contribution in [0.15, 0.2) is 23.2 Å². The van der Waals surface area contributed by atoms with E-state index in [9.17, 15) is 13.2 Å². The van der Waals surface area contributed by atoms with Crippen molar-refractivity contribution in [2.24, 2.45) is 10.4 Å². The summed E-state index contributed by atoms with van der Waals surface area (Å²) >= 11 is 0. The van der Waals surface area contributed by atoms with Crippen molar-refractivity contribution < 1.29 is 22.6 Å². The summed E-state index contributed by atoms with van der Waals surface area (Å²) in [4.78, 5) is 4.22. The Morgan fingerprint density at radius 3 is 2.57 bits per heavy atom. The standard InChI is InChI=1S/C20H30F3N3O2/c1-15-5-6-16(17(11-15)28-14-20(21,22)23)12-25-18(24-2)26-13-19(7-4-8-19)9-10-27-3/h5-6,11H,4,7-10,12-14H2,1-3H3,(H2,24,25,26). The molecular weight excluding hydrogens is 371 g/mol. The summed E-state index contributed by atoms with van der Waals surface area (Å²) in [7, 11) is 3.38. The maximum atomic E-state index is 12.5. The second kappa shape index (κ2) is 10.0. The molecule has 1 saturated carbocycles. The van der Waals surface area contributed by atoms with Gasteiger partial charge in [-0.15, -0.1) is 0 Å². The largest absolute Gasteiger partial charge is 0.484 e. The van der Waals surface area contributed by atoms with E-state index in [2.05, 4.69) is 15.6 Å². The minimum absolute atomic E-state index is 0.232. The average Bonchev–Trinajstić information content (AvgIpc) is 2.61. The fourth-order valence-electron chi connectivity index (χ4n) is 3.28. The molecule has 1 aromatic carbocycles. The molecule has 0 aromatic heterocycles. The summed E-state index contributed by atoms with van der Waals surface area (Å²) in [6.45, 7) is 2.35. The minimum atomic E-state index is -4.37. The van der Waals surface area contributed by atoms with E-state index in [0.717, 1.165) is 38.0 Å². The van der Waals surface area contributed by atoms with Crippen molar-refractivity contribution in [2.45, 2.75) is 45.3 Å². The fraction of sp³-hybridized carbons (Fsp3) is 0.650. The molecule has 158 valence electrons. The molecule has 5 nitrogen and oxygen atoms in total. The number of alkyl halides is 3. The van der Waals surface area contributed by atoms with Crippen molar-refractivity contribution in [3.05, 3.63) is 29.3 Å². The van der Waals surface area contributed by atoms with Crippen LogP contribution in [-0.2, 0) is 11.3 Å². The molecule has 0 heterocycles. The highest BCUT2D eigenvalue weighted by molar-refractivity contribution is 5.79. The van der Waals surface area contributed by atoms with E-state index in [4.69, 9.17) is 9.47 Å². The number of ether oxygens (including phenoxy) is 2. The van der Waals surface area contributed by atoms with Gasteiger partial charge in [0.2, 0.25) is 0 Å². The number of guanidine groups is 1. The lowest BCUT2D eigenvalue weighted by molar-refractivity contribution is -0.153. The number of hydrogen-bond acceptors (Lipinski definition) is 3. The molecule has 0 aliphatic heterocycles. The summed E-state index contributed by atoms with van der Waals surface area (Å²) < 4.78 is 47.7. The van der Waals surface area contributed by atoms with Crippen molar-refractivity contribution >= 4 is 5.96 Å². The lowest BCUT2D eigenvalue weighted by Gasteiger charge is -2.42. The number of aliphatic imine (C=N–C) groups is 1. The summed E-state index contributed by atoms with van der Waals surface area (Å²) in [5.74, 6) is 0.849. The number of rotatable bonds is 9. The van der Waals surface area contributed by atoms with Crippen LogP contribution in [0.4, 0.5) is 13.2 Å². The first-order chi connectivity index (χ1) is 13.3. The van der Waals surface area contributed by atoms with E-state index in [1.807, 2.05) is 13.0 Å². The first kappa shape index (κ1) is 22.3. The van der Waals surface area contributed by atoms with Gasteiger partial charge in [-0.2, -0.15) is 13.2 Å². The normalized spacial score (nSPS) is 16.4. The van der Waals surface area contributed by atoms with Gasteiger partial charge in [0.15, 0.2) is 12.6 Å². The molecule has 1 aliphatic rings. The number of hydrogen-bond donors (Lipinski definition) is 2. The Bertz CT molecular complexity index is 659. The second-order valence-electron chi connectivity index (χ2n) is 7.39. The zero-order chi connectivity index (χ0) is 20.6. The summed E-state index contributed by atoms with van der Waals surface area (Å²) in [6, 6.07) is 5.24. The molecule has 2 rings (SSSR count). The quantitative estimate of drug-likeness (QED) is 0.488. The first-order valence-corrected chi connectivity index (χ1v) is 9.49. The van der Waals surface area contributed by atoms with Gasteiger partial charge in [-0.3, -0.25) is 4.99 Å². The molecule has 0 radical (unpaired) electrons. The number of aryl methyl sites for hydroxylation is 1.